The second-order valence-electron chi connectivity index (χ2n) is 20.6. The first kappa shape index (κ1) is 47.8. The van der Waals surface area contributed by atoms with E-state index in [0.717, 1.165) is 79.2 Å². The summed E-state index contributed by atoms with van der Waals surface area (Å²) in [5.74, 6) is 2.89. The van der Waals surface area contributed by atoms with Crippen LogP contribution in [0.3, 0.4) is 0 Å². The van der Waals surface area contributed by atoms with Crippen molar-refractivity contribution in [3.8, 4) is 0 Å². The van der Waals surface area contributed by atoms with Crippen molar-refractivity contribution in [1.29, 1.82) is 0 Å². The molecule has 358 valence electrons. The molecule has 5 aliphatic rings. The summed E-state index contributed by atoms with van der Waals surface area (Å²) in [7, 11) is 0. The zero-order valence-electron chi connectivity index (χ0n) is 40.0. The lowest BCUT2D eigenvalue weighted by Crippen LogP contribution is -2.64. The minimum atomic E-state index is -0.296. The number of aromatic nitrogens is 3. The summed E-state index contributed by atoms with van der Waals surface area (Å²) in [6.45, 7) is 6.71. The molecule has 0 spiro atoms. The Morgan fingerprint density at radius 2 is 0.970 bits per heavy atom. The molecule has 4 aliphatic carbocycles. The molecule has 5 aromatic rings. The van der Waals surface area contributed by atoms with Gasteiger partial charge in [-0.05, 0) is 103 Å². The Bertz CT molecular complexity index is 2100. The van der Waals surface area contributed by atoms with Crippen molar-refractivity contribution >= 4 is 0 Å². The van der Waals surface area contributed by atoms with Crippen molar-refractivity contribution in [1.82, 2.24) is 19.9 Å². The number of likely N-dealkylation sites (tertiary alicyclic amines) is 1. The van der Waals surface area contributed by atoms with Crippen LogP contribution < -0.4 is 0 Å². The van der Waals surface area contributed by atoms with Gasteiger partial charge in [0.05, 0.1) is 64.6 Å². The largest absolute Gasteiger partial charge is 0.375 e. The number of rotatable bonds is 28. The zero-order valence-corrected chi connectivity index (χ0v) is 40.0. The first-order chi connectivity index (χ1) is 33.1. The average molecular weight is 909 g/mol. The van der Waals surface area contributed by atoms with Crippen LogP contribution in [0.5, 0.6) is 0 Å². The van der Waals surface area contributed by atoms with Crippen LogP contribution in [0.25, 0.3) is 0 Å². The molecule has 0 unspecified atom stereocenters. The number of ether oxygens (including phenoxy) is 5. The lowest BCUT2D eigenvalue weighted by atomic mass is 9.50. The van der Waals surface area contributed by atoms with E-state index in [-0.39, 0.29) is 24.4 Å². The van der Waals surface area contributed by atoms with E-state index in [0.29, 0.717) is 45.1 Å². The zero-order chi connectivity index (χ0) is 45.4. The highest BCUT2D eigenvalue weighted by Crippen LogP contribution is 2.60. The molecule has 0 N–H and O–H groups in total. The highest BCUT2D eigenvalue weighted by molar-refractivity contribution is 5.17. The molecule has 4 atom stereocenters. The molecule has 67 heavy (non-hydrogen) atoms. The standard InChI is InChI=1S/C58H76N4O5/c1(2-4-6-20-30-62-37-53(59-60-62)43-64-45-58-34-50-31-51(35-58)33-52(32-50)36-58)3-5-19-29-61-38-55(65-40-47-23-13-8-14-24-47)57(67-42-49-27-17-10-18-28-49)56(66-41-48-25-15-9-16-26-48)54(61)44-63-39-46-21-11-7-12-22-46/h7-18,21-28,37,50-52,54-57H,1-6,19-20,29-36,38-45H2/t50?,51?,52?,54-,55+,56-,57-,58?/m1/s1. The van der Waals surface area contributed by atoms with Gasteiger partial charge in [0.1, 0.15) is 17.9 Å². The van der Waals surface area contributed by atoms with Crippen molar-refractivity contribution in [3.63, 3.8) is 0 Å². The van der Waals surface area contributed by atoms with Crippen molar-refractivity contribution < 1.29 is 23.7 Å². The van der Waals surface area contributed by atoms with E-state index in [1.54, 1.807) is 0 Å². The van der Waals surface area contributed by atoms with Gasteiger partial charge in [0.25, 0.3) is 0 Å². The highest BCUT2D eigenvalue weighted by Gasteiger charge is 2.51. The van der Waals surface area contributed by atoms with Gasteiger partial charge in [-0.15, -0.1) is 5.10 Å². The maximum Gasteiger partial charge on any atom is 0.113 e. The average Bonchev–Trinajstić information content (AvgIpc) is 3.81. The van der Waals surface area contributed by atoms with E-state index in [9.17, 15) is 0 Å². The van der Waals surface area contributed by atoms with Crippen LogP contribution in [0, 0.1) is 23.2 Å². The fourth-order valence-corrected chi connectivity index (χ4v) is 12.3. The fourth-order valence-electron chi connectivity index (χ4n) is 12.3. The highest BCUT2D eigenvalue weighted by atomic mass is 16.6. The van der Waals surface area contributed by atoms with Crippen molar-refractivity contribution in [2.24, 2.45) is 23.2 Å². The number of benzene rings is 4. The summed E-state index contributed by atoms with van der Waals surface area (Å²) < 4.78 is 35.8. The van der Waals surface area contributed by atoms with Gasteiger partial charge >= 0.3 is 0 Å². The van der Waals surface area contributed by atoms with Gasteiger partial charge < -0.3 is 23.7 Å². The number of unbranched alkanes of at least 4 members (excludes halogenated alkanes) is 7. The van der Waals surface area contributed by atoms with Crippen molar-refractivity contribution in [3.05, 3.63) is 155 Å². The number of nitrogens with zero attached hydrogens (tertiary/aromatic N) is 4. The third-order valence-electron chi connectivity index (χ3n) is 15.2. The van der Waals surface area contributed by atoms with Gasteiger partial charge in [-0.2, -0.15) is 0 Å². The molecule has 1 saturated heterocycles. The first-order valence-corrected chi connectivity index (χ1v) is 25.9. The van der Waals surface area contributed by atoms with Crippen LogP contribution in [-0.4, -0.2) is 70.6 Å². The first-order valence-electron chi connectivity index (χ1n) is 25.9. The topological polar surface area (TPSA) is 80.1 Å². The molecule has 10 rings (SSSR count). The van der Waals surface area contributed by atoms with Crippen LogP contribution >= 0.6 is 0 Å². The van der Waals surface area contributed by atoms with E-state index in [1.165, 1.54) is 82.6 Å². The van der Waals surface area contributed by atoms with Crippen LogP contribution in [-0.2, 0) is 63.3 Å². The normalized spacial score (nSPS) is 25.8. The SMILES string of the molecule is c1ccc(COC[C@@H]2[C@@H](OCc3ccccc3)[C@H](OCc3ccccc3)[C@@H](OCc3ccccc3)CN2CCCCCCCCCCn2cc(COCC34CC5CC(CC(C5)C3)C4)nn2)cc1. The van der Waals surface area contributed by atoms with Crippen molar-refractivity contribution in [2.75, 3.05) is 26.3 Å². The second-order valence-corrected chi connectivity index (χ2v) is 20.6. The Hall–Kier alpha value is -4.22. The molecule has 5 fully saturated rings. The molecule has 0 amide bonds. The lowest BCUT2D eigenvalue weighted by Gasteiger charge is -2.56. The Morgan fingerprint density at radius 3 is 1.52 bits per heavy atom. The quantitative estimate of drug-likeness (QED) is 0.0459. The minimum absolute atomic E-state index is 0.00946. The summed E-state index contributed by atoms with van der Waals surface area (Å²) in [4.78, 5) is 2.59. The smallest absolute Gasteiger partial charge is 0.113 e. The Labute approximate surface area is 400 Å². The number of piperidine rings is 1. The number of aryl methyl sites for hydroxylation is 1. The van der Waals surface area contributed by atoms with Gasteiger partial charge in [0, 0.05) is 13.1 Å². The predicted octanol–water partition coefficient (Wildman–Crippen LogP) is 11.8. The molecule has 0 radical (unpaired) electrons. The maximum absolute atomic E-state index is 7.03. The molecule has 1 aromatic heterocycles. The van der Waals surface area contributed by atoms with E-state index in [2.05, 4.69) is 143 Å². The maximum atomic E-state index is 7.03. The molecule has 9 nitrogen and oxygen atoms in total. The van der Waals surface area contributed by atoms with Crippen molar-refractivity contribution in [2.45, 2.75) is 154 Å². The lowest BCUT2D eigenvalue weighted by molar-refractivity contribution is -0.210. The van der Waals surface area contributed by atoms with Gasteiger partial charge in [-0.25, -0.2) is 0 Å². The minimum Gasteiger partial charge on any atom is -0.375 e. The third-order valence-corrected chi connectivity index (χ3v) is 15.2. The Kier molecular flexibility index (Phi) is 17.8. The monoisotopic (exact) mass is 909 g/mol. The van der Waals surface area contributed by atoms with E-state index >= 15 is 0 Å². The van der Waals surface area contributed by atoms with E-state index in [4.69, 9.17) is 23.7 Å². The summed E-state index contributed by atoms with van der Waals surface area (Å²) in [6.07, 6.45) is 19.7. The van der Waals surface area contributed by atoms with Crippen LogP contribution in [0.2, 0.25) is 0 Å². The number of hydrogen-bond donors (Lipinski definition) is 0. The van der Waals surface area contributed by atoms with Gasteiger partial charge in [-0.3, -0.25) is 9.58 Å². The number of hydrogen-bond acceptors (Lipinski definition) is 8. The molecule has 1 aliphatic heterocycles. The molecular weight excluding hydrogens is 833 g/mol. The summed E-state index contributed by atoms with van der Waals surface area (Å²) in [5, 5.41) is 8.89. The van der Waals surface area contributed by atoms with E-state index < -0.39 is 0 Å². The molecule has 4 saturated carbocycles. The van der Waals surface area contributed by atoms with Gasteiger partial charge in [0.2, 0.25) is 0 Å². The van der Waals surface area contributed by atoms with Gasteiger partial charge in [-0.1, -0.05) is 165 Å². The molecule has 2 heterocycles. The summed E-state index contributed by atoms with van der Waals surface area (Å²) in [5.41, 5.74) is 6.02. The Balaban J connectivity index is 0.758. The molecule has 4 aromatic carbocycles. The van der Waals surface area contributed by atoms with E-state index in [1.807, 2.05) is 4.68 Å². The summed E-state index contributed by atoms with van der Waals surface area (Å²) in [6, 6.07) is 41.9. The van der Waals surface area contributed by atoms with Crippen LogP contribution in [0.1, 0.15) is 118 Å². The van der Waals surface area contributed by atoms with Crippen LogP contribution in [0.4, 0.5) is 0 Å². The van der Waals surface area contributed by atoms with Crippen LogP contribution in [0.15, 0.2) is 128 Å². The predicted molar refractivity (Wildman–Crippen MR) is 264 cm³/mol. The summed E-state index contributed by atoms with van der Waals surface area (Å²) >= 11 is 0. The molecule has 9 heteroatoms. The van der Waals surface area contributed by atoms with Gasteiger partial charge in [0.15, 0.2) is 0 Å². The molecule has 4 bridgehead atoms. The molecular formula is C58H76N4O5. The second kappa shape index (κ2) is 24.9. The third kappa shape index (κ3) is 14.2. The Morgan fingerprint density at radius 1 is 0.493 bits per heavy atom. The fraction of sp³-hybridized carbons (Fsp3) is 0.552.